The van der Waals surface area contributed by atoms with Gasteiger partial charge in [-0.3, -0.25) is 4.57 Å². The molecule has 0 spiro atoms. The number of hydrogen-bond donors (Lipinski definition) is 1. The molecule has 1 saturated heterocycles. The summed E-state index contributed by atoms with van der Waals surface area (Å²) in [5.41, 5.74) is 0.849. The molecule has 108 valence electrons. The molecular formula is C13H15FN2O3S. The lowest BCUT2D eigenvalue weighted by molar-refractivity contribution is 0.404. The van der Waals surface area contributed by atoms with Gasteiger partial charge in [0.1, 0.15) is 15.7 Å². The number of rotatable bonds is 2. The van der Waals surface area contributed by atoms with Gasteiger partial charge in [0.2, 0.25) is 0 Å². The van der Waals surface area contributed by atoms with Crippen molar-refractivity contribution in [3.05, 3.63) is 34.5 Å². The van der Waals surface area contributed by atoms with E-state index >= 15 is 0 Å². The molecule has 0 bridgehead atoms. The van der Waals surface area contributed by atoms with Gasteiger partial charge < -0.3 is 4.98 Å². The number of fused-ring (bicyclic) bond motifs is 1. The number of aromatic nitrogens is 2. The predicted molar refractivity (Wildman–Crippen MR) is 73.9 cm³/mol. The predicted octanol–water partition coefficient (Wildman–Crippen LogP) is 1.29. The highest BCUT2D eigenvalue weighted by Gasteiger charge is 2.24. The van der Waals surface area contributed by atoms with Crippen LogP contribution in [0.4, 0.5) is 4.39 Å². The lowest BCUT2D eigenvalue weighted by Gasteiger charge is -2.22. The Bertz CT molecular complexity index is 793. The Kier molecular flexibility index (Phi) is 3.16. The number of benzene rings is 1. The van der Waals surface area contributed by atoms with Gasteiger partial charge in [-0.2, -0.15) is 0 Å². The van der Waals surface area contributed by atoms with Crippen molar-refractivity contribution in [2.75, 3.05) is 11.5 Å². The molecule has 20 heavy (non-hydrogen) atoms. The quantitative estimate of drug-likeness (QED) is 0.908. The summed E-state index contributed by atoms with van der Waals surface area (Å²) in [7, 11) is -2.90. The molecular weight excluding hydrogens is 283 g/mol. The van der Waals surface area contributed by atoms with Crippen LogP contribution in [0.25, 0.3) is 11.0 Å². The molecule has 0 atom stereocenters. The van der Waals surface area contributed by atoms with Crippen molar-refractivity contribution in [2.45, 2.75) is 19.4 Å². The number of nitrogens with one attached hydrogen (secondary N) is 1. The van der Waals surface area contributed by atoms with Gasteiger partial charge in [0.05, 0.1) is 22.5 Å². The summed E-state index contributed by atoms with van der Waals surface area (Å²) in [4.78, 5) is 14.5. The molecule has 1 fully saturated rings. The van der Waals surface area contributed by atoms with Crippen molar-refractivity contribution in [3.63, 3.8) is 0 Å². The number of nitrogens with zero attached hydrogens (tertiary/aromatic N) is 1. The summed E-state index contributed by atoms with van der Waals surface area (Å²) in [5.74, 6) is 0.141. The maximum atomic E-state index is 13.1. The van der Waals surface area contributed by atoms with E-state index in [-0.39, 0.29) is 23.1 Å². The fraction of sp³-hybridized carbons (Fsp3) is 0.462. The van der Waals surface area contributed by atoms with Crippen LogP contribution in [0.3, 0.4) is 0 Å². The second-order valence-corrected chi connectivity index (χ2v) is 7.60. The maximum Gasteiger partial charge on any atom is 0.326 e. The van der Waals surface area contributed by atoms with Crippen LogP contribution < -0.4 is 5.69 Å². The standard InChI is InChI=1S/C13H15FN2O3S/c14-10-1-2-12-11(7-10)15-13(17)16(12)8-9-3-5-20(18,19)6-4-9/h1-2,7,9H,3-6,8H2,(H,15,17). The molecule has 0 radical (unpaired) electrons. The first-order chi connectivity index (χ1) is 9.44. The summed E-state index contributed by atoms with van der Waals surface area (Å²) >= 11 is 0. The minimum absolute atomic E-state index is 0.167. The fourth-order valence-electron chi connectivity index (χ4n) is 2.70. The second-order valence-electron chi connectivity index (χ2n) is 5.30. The smallest absolute Gasteiger partial charge is 0.305 e. The summed E-state index contributed by atoms with van der Waals surface area (Å²) in [5, 5.41) is 0. The topological polar surface area (TPSA) is 71.9 Å². The molecule has 1 aliphatic heterocycles. The fourth-order valence-corrected chi connectivity index (χ4v) is 4.29. The van der Waals surface area contributed by atoms with Gasteiger partial charge in [0.15, 0.2) is 0 Å². The minimum atomic E-state index is -2.90. The molecule has 0 unspecified atom stereocenters. The minimum Gasteiger partial charge on any atom is -0.305 e. The van der Waals surface area contributed by atoms with Gasteiger partial charge in [-0.25, -0.2) is 17.6 Å². The van der Waals surface area contributed by atoms with E-state index in [9.17, 15) is 17.6 Å². The SMILES string of the molecule is O=c1[nH]c2cc(F)ccc2n1CC1CCS(=O)(=O)CC1. The van der Waals surface area contributed by atoms with Crippen LogP contribution in [0, 0.1) is 11.7 Å². The molecule has 5 nitrogen and oxygen atoms in total. The van der Waals surface area contributed by atoms with E-state index in [0.717, 1.165) is 0 Å². The van der Waals surface area contributed by atoms with Gasteiger partial charge in [0, 0.05) is 6.54 Å². The third-order valence-electron chi connectivity index (χ3n) is 3.85. The summed E-state index contributed by atoms with van der Waals surface area (Å²) in [6, 6.07) is 4.18. The monoisotopic (exact) mass is 298 g/mol. The second kappa shape index (κ2) is 4.73. The third kappa shape index (κ3) is 2.49. The van der Waals surface area contributed by atoms with Gasteiger partial charge in [0.25, 0.3) is 0 Å². The van der Waals surface area contributed by atoms with E-state index in [4.69, 9.17) is 0 Å². The van der Waals surface area contributed by atoms with Crippen LogP contribution >= 0.6 is 0 Å². The Morgan fingerprint density at radius 1 is 1.30 bits per heavy atom. The number of aromatic amines is 1. The van der Waals surface area contributed by atoms with Crippen molar-refractivity contribution in [1.82, 2.24) is 9.55 Å². The van der Waals surface area contributed by atoms with Crippen LogP contribution in [0.5, 0.6) is 0 Å². The lowest BCUT2D eigenvalue weighted by Crippen LogP contribution is -2.29. The first-order valence-corrected chi connectivity index (χ1v) is 8.35. The number of hydrogen-bond acceptors (Lipinski definition) is 3. The zero-order chi connectivity index (χ0) is 14.3. The summed E-state index contributed by atoms with van der Waals surface area (Å²) < 4.78 is 37.5. The zero-order valence-electron chi connectivity index (χ0n) is 10.8. The van der Waals surface area contributed by atoms with E-state index in [0.29, 0.717) is 30.4 Å². The zero-order valence-corrected chi connectivity index (χ0v) is 11.6. The Hall–Kier alpha value is -1.63. The van der Waals surface area contributed by atoms with Crippen molar-refractivity contribution in [1.29, 1.82) is 0 Å². The molecule has 0 aliphatic carbocycles. The number of sulfone groups is 1. The van der Waals surface area contributed by atoms with Gasteiger partial charge in [-0.15, -0.1) is 0 Å². The van der Waals surface area contributed by atoms with E-state index in [1.54, 1.807) is 10.6 Å². The van der Waals surface area contributed by atoms with Crippen LogP contribution in [0.1, 0.15) is 12.8 Å². The number of imidazole rings is 1. The van der Waals surface area contributed by atoms with Gasteiger partial charge in [-0.1, -0.05) is 0 Å². The normalized spacial score (nSPS) is 19.4. The Morgan fingerprint density at radius 2 is 2.00 bits per heavy atom. The average Bonchev–Trinajstić information content (AvgIpc) is 2.67. The summed E-state index contributed by atoms with van der Waals surface area (Å²) in [6.45, 7) is 0.472. The third-order valence-corrected chi connectivity index (χ3v) is 5.57. The van der Waals surface area contributed by atoms with Crippen molar-refractivity contribution in [2.24, 2.45) is 5.92 Å². The highest BCUT2D eigenvalue weighted by atomic mass is 32.2. The molecule has 0 amide bonds. The number of H-pyrrole nitrogens is 1. The van der Waals surface area contributed by atoms with E-state index in [2.05, 4.69) is 4.98 Å². The van der Waals surface area contributed by atoms with Crippen LogP contribution in [-0.2, 0) is 16.4 Å². The molecule has 1 aromatic carbocycles. The number of halogens is 1. The van der Waals surface area contributed by atoms with Gasteiger partial charge >= 0.3 is 5.69 Å². The first-order valence-electron chi connectivity index (χ1n) is 6.53. The highest BCUT2D eigenvalue weighted by Crippen LogP contribution is 2.22. The molecule has 7 heteroatoms. The van der Waals surface area contributed by atoms with Crippen LogP contribution in [-0.4, -0.2) is 29.5 Å². The molecule has 1 N–H and O–H groups in total. The maximum absolute atomic E-state index is 13.1. The van der Waals surface area contributed by atoms with Crippen molar-refractivity contribution in [3.8, 4) is 0 Å². The average molecular weight is 298 g/mol. The van der Waals surface area contributed by atoms with E-state index in [1.165, 1.54) is 12.1 Å². The molecule has 1 aliphatic rings. The van der Waals surface area contributed by atoms with E-state index in [1.807, 2.05) is 0 Å². The summed E-state index contributed by atoms with van der Waals surface area (Å²) in [6.07, 6.45) is 1.14. The van der Waals surface area contributed by atoms with Gasteiger partial charge in [-0.05, 0) is 37.0 Å². The highest BCUT2D eigenvalue weighted by molar-refractivity contribution is 7.91. The molecule has 2 aromatic rings. The first kappa shape index (κ1) is 13.4. The van der Waals surface area contributed by atoms with Crippen molar-refractivity contribution < 1.29 is 12.8 Å². The molecule has 2 heterocycles. The Balaban J connectivity index is 1.88. The Labute approximate surface area is 115 Å². The Morgan fingerprint density at radius 3 is 2.70 bits per heavy atom. The van der Waals surface area contributed by atoms with Crippen LogP contribution in [0.15, 0.2) is 23.0 Å². The largest absolute Gasteiger partial charge is 0.326 e. The van der Waals surface area contributed by atoms with E-state index < -0.39 is 15.7 Å². The van der Waals surface area contributed by atoms with Crippen LogP contribution in [0.2, 0.25) is 0 Å². The molecule has 0 saturated carbocycles. The molecule has 1 aromatic heterocycles. The lowest BCUT2D eigenvalue weighted by atomic mass is 10.0. The molecule has 3 rings (SSSR count). The van der Waals surface area contributed by atoms with Crippen molar-refractivity contribution >= 4 is 20.9 Å².